The number of benzene rings is 3. The number of rotatable bonds is 9. The van der Waals surface area contributed by atoms with E-state index in [9.17, 15) is 13.2 Å². The highest BCUT2D eigenvalue weighted by atomic mass is 32.2. The Hall–Kier alpha value is -3.32. The van der Waals surface area contributed by atoms with Crippen molar-refractivity contribution in [3.05, 3.63) is 89.0 Å². The minimum absolute atomic E-state index is 0.151. The molecule has 0 fully saturated rings. The molecule has 3 aromatic rings. The lowest BCUT2D eigenvalue weighted by Gasteiger charge is -2.25. The first-order chi connectivity index (χ1) is 15.7. The Balaban J connectivity index is 1.78. The first-order valence-corrected chi connectivity index (χ1v) is 12.2. The molecule has 0 aliphatic heterocycles. The molecule has 0 aliphatic rings. The monoisotopic (exact) mass is 466 g/mol. The molecule has 0 aromatic heterocycles. The zero-order valence-corrected chi connectivity index (χ0v) is 20.3. The van der Waals surface area contributed by atoms with Crippen molar-refractivity contribution in [2.24, 2.45) is 0 Å². The van der Waals surface area contributed by atoms with Crippen LogP contribution in [0.15, 0.2) is 71.6 Å². The van der Waals surface area contributed by atoms with Crippen molar-refractivity contribution >= 4 is 21.6 Å². The second-order valence-electron chi connectivity index (χ2n) is 8.12. The Kier molecular flexibility index (Phi) is 7.76. The minimum atomic E-state index is -3.93. The number of aryl methyl sites for hydroxylation is 3. The Labute approximate surface area is 196 Å². The predicted molar refractivity (Wildman–Crippen MR) is 131 cm³/mol. The SMILES string of the molecule is COc1ccc(CCNC(=O)CN(c2cc(C)cc(C)c2)S(=O)(=O)c2ccc(C)cc2)cc1. The first kappa shape index (κ1) is 24.3. The lowest BCUT2D eigenvalue weighted by atomic mass is 10.1. The van der Waals surface area contributed by atoms with Crippen molar-refractivity contribution < 1.29 is 17.9 Å². The molecule has 1 N–H and O–H groups in total. The van der Waals surface area contributed by atoms with Crippen LogP contribution < -0.4 is 14.4 Å². The number of nitrogens with one attached hydrogen (secondary N) is 1. The molecule has 7 heteroatoms. The fourth-order valence-corrected chi connectivity index (χ4v) is 4.98. The Morgan fingerprint density at radius 3 is 2.06 bits per heavy atom. The summed E-state index contributed by atoms with van der Waals surface area (Å²) in [4.78, 5) is 12.9. The third kappa shape index (κ3) is 6.35. The number of methoxy groups -OCH3 is 1. The summed E-state index contributed by atoms with van der Waals surface area (Å²) in [5.74, 6) is 0.409. The van der Waals surface area contributed by atoms with E-state index >= 15 is 0 Å². The van der Waals surface area contributed by atoms with Crippen LogP contribution in [0.1, 0.15) is 22.3 Å². The van der Waals surface area contributed by atoms with E-state index in [2.05, 4.69) is 5.32 Å². The molecule has 0 heterocycles. The van der Waals surface area contributed by atoms with Crippen LogP contribution in [0.4, 0.5) is 5.69 Å². The van der Waals surface area contributed by atoms with Crippen molar-refractivity contribution in [1.82, 2.24) is 5.32 Å². The number of carbonyl (C=O) groups excluding carboxylic acids is 1. The molecular weight excluding hydrogens is 436 g/mol. The van der Waals surface area contributed by atoms with Crippen molar-refractivity contribution in [3.63, 3.8) is 0 Å². The molecule has 1 amide bonds. The predicted octanol–water partition coefficient (Wildman–Crippen LogP) is 4.17. The van der Waals surface area contributed by atoms with E-state index in [-0.39, 0.29) is 17.3 Å². The van der Waals surface area contributed by atoms with E-state index in [0.29, 0.717) is 18.7 Å². The summed E-state index contributed by atoms with van der Waals surface area (Å²) in [6.07, 6.45) is 0.629. The number of ether oxygens (including phenoxy) is 1. The van der Waals surface area contributed by atoms with Crippen LogP contribution in [-0.2, 0) is 21.2 Å². The number of carbonyl (C=O) groups is 1. The van der Waals surface area contributed by atoms with Gasteiger partial charge in [-0.25, -0.2) is 8.42 Å². The van der Waals surface area contributed by atoms with Gasteiger partial charge in [0.1, 0.15) is 12.3 Å². The van der Waals surface area contributed by atoms with Gasteiger partial charge in [0.05, 0.1) is 17.7 Å². The molecular formula is C26H30N2O4S. The summed E-state index contributed by atoms with van der Waals surface area (Å²) in [6, 6.07) is 19.8. The van der Waals surface area contributed by atoms with Gasteiger partial charge in [-0.3, -0.25) is 9.10 Å². The molecule has 33 heavy (non-hydrogen) atoms. The molecule has 0 radical (unpaired) electrons. The zero-order valence-electron chi connectivity index (χ0n) is 19.5. The molecule has 174 valence electrons. The van der Waals surface area contributed by atoms with Crippen LogP contribution in [0.5, 0.6) is 5.75 Å². The maximum absolute atomic E-state index is 13.5. The lowest BCUT2D eigenvalue weighted by molar-refractivity contribution is -0.119. The minimum Gasteiger partial charge on any atom is -0.497 e. The van der Waals surface area contributed by atoms with E-state index in [4.69, 9.17) is 4.74 Å². The van der Waals surface area contributed by atoms with Gasteiger partial charge in [0.25, 0.3) is 10.0 Å². The maximum atomic E-state index is 13.5. The molecule has 0 spiro atoms. The maximum Gasteiger partial charge on any atom is 0.264 e. The van der Waals surface area contributed by atoms with Crippen LogP contribution >= 0.6 is 0 Å². The van der Waals surface area contributed by atoms with E-state index < -0.39 is 10.0 Å². The molecule has 0 atom stereocenters. The summed E-state index contributed by atoms with van der Waals surface area (Å²) in [5, 5.41) is 2.85. The topological polar surface area (TPSA) is 75.7 Å². The number of hydrogen-bond acceptors (Lipinski definition) is 4. The van der Waals surface area contributed by atoms with Gasteiger partial charge in [-0.05, 0) is 80.3 Å². The van der Waals surface area contributed by atoms with E-state index in [1.165, 1.54) is 4.31 Å². The Bertz CT molecular complexity index is 1180. The third-order valence-electron chi connectivity index (χ3n) is 5.29. The molecule has 3 rings (SSSR count). The molecule has 0 saturated carbocycles. The van der Waals surface area contributed by atoms with Gasteiger partial charge in [0, 0.05) is 6.54 Å². The van der Waals surface area contributed by atoms with Gasteiger partial charge in [0.2, 0.25) is 5.91 Å². The fraction of sp³-hybridized carbons (Fsp3) is 0.269. The van der Waals surface area contributed by atoms with E-state index in [0.717, 1.165) is 28.0 Å². The second kappa shape index (κ2) is 10.5. The smallest absolute Gasteiger partial charge is 0.264 e. The largest absolute Gasteiger partial charge is 0.497 e. The standard InChI is InChI=1S/C26H30N2O4S/c1-19-5-11-25(12-6-19)33(30,31)28(23-16-20(2)15-21(3)17-23)18-26(29)27-14-13-22-7-9-24(32-4)10-8-22/h5-12,15-17H,13-14,18H2,1-4H3,(H,27,29). The molecule has 6 nitrogen and oxygen atoms in total. The molecule has 0 unspecified atom stereocenters. The summed E-state index contributed by atoms with van der Waals surface area (Å²) in [5.41, 5.74) is 4.33. The highest BCUT2D eigenvalue weighted by molar-refractivity contribution is 7.92. The summed E-state index contributed by atoms with van der Waals surface area (Å²) in [6.45, 7) is 5.80. The van der Waals surface area contributed by atoms with E-state index in [1.54, 1.807) is 43.5 Å². The Morgan fingerprint density at radius 1 is 0.879 bits per heavy atom. The zero-order chi connectivity index (χ0) is 24.0. The van der Waals surface area contributed by atoms with Crippen LogP contribution in [0.25, 0.3) is 0 Å². The average molecular weight is 467 g/mol. The lowest BCUT2D eigenvalue weighted by Crippen LogP contribution is -2.41. The van der Waals surface area contributed by atoms with Crippen molar-refractivity contribution in [2.45, 2.75) is 32.1 Å². The number of hydrogen-bond donors (Lipinski definition) is 1. The Morgan fingerprint density at radius 2 is 1.48 bits per heavy atom. The second-order valence-corrected chi connectivity index (χ2v) is 9.98. The normalized spacial score (nSPS) is 11.2. The summed E-state index contributed by atoms with van der Waals surface area (Å²) < 4.78 is 33.3. The first-order valence-electron chi connectivity index (χ1n) is 10.8. The highest BCUT2D eigenvalue weighted by Crippen LogP contribution is 2.26. The quantitative estimate of drug-likeness (QED) is 0.513. The van der Waals surface area contributed by atoms with Gasteiger partial charge < -0.3 is 10.1 Å². The van der Waals surface area contributed by atoms with Crippen molar-refractivity contribution in [3.8, 4) is 5.75 Å². The molecule has 0 saturated heterocycles. The van der Waals surface area contributed by atoms with Gasteiger partial charge >= 0.3 is 0 Å². The fourth-order valence-electron chi connectivity index (χ4n) is 3.57. The van der Waals surface area contributed by atoms with E-state index in [1.807, 2.05) is 51.1 Å². The van der Waals surface area contributed by atoms with Crippen LogP contribution in [0.3, 0.4) is 0 Å². The van der Waals surface area contributed by atoms with Gasteiger partial charge in [0.15, 0.2) is 0 Å². The van der Waals surface area contributed by atoms with Crippen molar-refractivity contribution in [2.75, 3.05) is 24.5 Å². The number of anilines is 1. The number of amides is 1. The van der Waals surface area contributed by atoms with Gasteiger partial charge in [-0.15, -0.1) is 0 Å². The van der Waals surface area contributed by atoms with Crippen molar-refractivity contribution in [1.29, 1.82) is 0 Å². The average Bonchev–Trinajstić information content (AvgIpc) is 2.77. The van der Waals surface area contributed by atoms with Gasteiger partial charge in [-0.1, -0.05) is 35.9 Å². The van der Waals surface area contributed by atoms with Crippen LogP contribution in [0.2, 0.25) is 0 Å². The van der Waals surface area contributed by atoms with Crippen LogP contribution in [0, 0.1) is 20.8 Å². The summed E-state index contributed by atoms with van der Waals surface area (Å²) >= 11 is 0. The number of nitrogens with zero attached hydrogens (tertiary/aromatic N) is 1. The highest BCUT2D eigenvalue weighted by Gasteiger charge is 2.27. The summed E-state index contributed by atoms with van der Waals surface area (Å²) in [7, 11) is -2.31. The number of sulfonamides is 1. The molecule has 3 aromatic carbocycles. The molecule has 0 bridgehead atoms. The van der Waals surface area contributed by atoms with Crippen LogP contribution in [-0.4, -0.2) is 34.5 Å². The molecule has 0 aliphatic carbocycles. The van der Waals surface area contributed by atoms with Gasteiger partial charge in [-0.2, -0.15) is 0 Å². The third-order valence-corrected chi connectivity index (χ3v) is 7.07.